The lowest BCUT2D eigenvalue weighted by atomic mass is 10.2. The van der Waals surface area contributed by atoms with Gasteiger partial charge in [-0.3, -0.25) is 9.52 Å². The van der Waals surface area contributed by atoms with E-state index in [4.69, 9.17) is 9.47 Å². The Morgan fingerprint density at radius 1 is 1.00 bits per heavy atom. The number of para-hydroxylation sites is 1. The predicted octanol–water partition coefficient (Wildman–Crippen LogP) is 4.43. The molecule has 0 heterocycles. The lowest BCUT2D eigenvalue weighted by Gasteiger charge is -2.14. The van der Waals surface area contributed by atoms with Gasteiger partial charge in [-0.1, -0.05) is 18.2 Å². The second kappa shape index (κ2) is 10.6. The third kappa shape index (κ3) is 6.45. The monoisotopic (exact) mass is 458 g/mol. The van der Waals surface area contributed by atoms with Crippen molar-refractivity contribution in [2.24, 2.45) is 0 Å². The van der Waals surface area contributed by atoms with Crippen molar-refractivity contribution in [3.8, 4) is 11.5 Å². The number of ether oxygens (including phenoxy) is 2. The van der Waals surface area contributed by atoms with Gasteiger partial charge in [-0.15, -0.1) is 0 Å². The van der Waals surface area contributed by atoms with Crippen LogP contribution in [-0.2, 0) is 14.8 Å². The highest BCUT2D eigenvalue weighted by Gasteiger charge is 2.17. The summed E-state index contributed by atoms with van der Waals surface area (Å²) in [5.74, 6) is 0.227. The van der Waals surface area contributed by atoms with E-state index in [2.05, 4.69) is 10.0 Å². The van der Waals surface area contributed by atoms with Crippen molar-refractivity contribution in [3.63, 3.8) is 0 Å². The third-order valence-electron chi connectivity index (χ3n) is 4.41. The maximum absolute atomic E-state index is 13.1. The second-order valence-corrected chi connectivity index (χ2v) is 8.47. The molecule has 0 fully saturated rings. The molecular formula is C23H23FN2O5S. The largest absolute Gasteiger partial charge is 0.495 e. The Kier molecular flexibility index (Phi) is 7.67. The van der Waals surface area contributed by atoms with Crippen LogP contribution in [-0.4, -0.2) is 28.0 Å². The first-order chi connectivity index (χ1) is 15.4. The molecule has 3 aromatic rings. The highest BCUT2D eigenvalue weighted by atomic mass is 32.2. The molecule has 0 atom stereocenters. The van der Waals surface area contributed by atoms with E-state index < -0.39 is 15.8 Å². The van der Waals surface area contributed by atoms with Gasteiger partial charge in [-0.25, -0.2) is 12.8 Å². The van der Waals surface area contributed by atoms with Crippen LogP contribution in [0, 0.1) is 5.82 Å². The number of anilines is 2. The molecule has 0 unspecified atom stereocenters. The quantitative estimate of drug-likeness (QED) is 0.438. The maximum Gasteiger partial charge on any atom is 0.262 e. The first-order valence-electron chi connectivity index (χ1n) is 9.81. The number of halogens is 1. The lowest BCUT2D eigenvalue weighted by molar-refractivity contribution is -0.116. The van der Waals surface area contributed by atoms with Gasteiger partial charge in [-0.2, -0.15) is 0 Å². The van der Waals surface area contributed by atoms with Crippen molar-refractivity contribution < 1.29 is 27.1 Å². The lowest BCUT2D eigenvalue weighted by Crippen LogP contribution is -2.15. The molecule has 0 bridgehead atoms. The van der Waals surface area contributed by atoms with E-state index in [9.17, 15) is 17.6 Å². The first kappa shape index (κ1) is 23.1. The fraction of sp³-hybridized carbons (Fsp3) is 0.174. The molecule has 3 rings (SSSR count). The van der Waals surface area contributed by atoms with Gasteiger partial charge in [0.25, 0.3) is 10.0 Å². The average molecular weight is 459 g/mol. The number of carbonyl (C=O) groups is 1. The van der Waals surface area contributed by atoms with Gasteiger partial charge in [0, 0.05) is 12.1 Å². The molecule has 2 N–H and O–H groups in total. The molecule has 0 radical (unpaired) electrons. The van der Waals surface area contributed by atoms with Crippen LogP contribution in [0.25, 0.3) is 0 Å². The van der Waals surface area contributed by atoms with E-state index >= 15 is 0 Å². The Hall–Kier alpha value is -3.59. The number of methoxy groups -OCH3 is 1. The van der Waals surface area contributed by atoms with Gasteiger partial charge in [-0.05, 0) is 61.0 Å². The highest BCUT2D eigenvalue weighted by molar-refractivity contribution is 7.92. The van der Waals surface area contributed by atoms with Crippen LogP contribution >= 0.6 is 0 Å². The van der Waals surface area contributed by atoms with Gasteiger partial charge in [0.05, 0.1) is 24.3 Å². The minimum atomic E-state index is -3.98. The average Bonchev–Trinajstić information content (AvgIpc) is 2.78. The number of hydrogen-bond acceptors (Lipinski definition) is 5. The SMILES string of the molecule is COc1ccc(NC(=O)CCCOc2ccccc2)cc1NS(=O)(=O)c1ccc(F)cc1. The van der Waals surface area contributed by atoms with E-state index in [0.29, 0.717) is 18.7 Å². The molecule has 9 heteroatoms. The third-order valence-corrected chi connectivity index (χ3v) is 5.79. The fourth-order valence-corrected chi connectivity index (χ4v) is 3.91. The number of nitrogens with one attached hydrogen (secondary N) is 2. The zero-order chi connectivity index (χ0) is 23.0. The van der Waals surface area contributed by atoms with E-state index in [0.717, 1.165) is 30.0 Å². The summed E-state index contributed by atoms with van der Waals surface area (Å²) in [6.45, 7) is 0.392. The minimum absolute atomic E-state index is 0.103. The zero-order valence-electron chi connectivity index (χ0n) is 17.4. The predicted molar refractivity (Wildman–Crippen MR) is 120 cm³/mol. The van der Waals surface area contributed by atoms with Crippen molar-refractivity contribution >= 4 is 27.3 Å². The van der Waals surface area contributed by atoms with E-state index in [-0.39, 0.29) is 28.7 Å². The van der Waals surface area contributed by atoms with Crippen molar-refractivity contribution in [1.29, 1.82) is 0 Å². The molecule has 1 amide bonds. The normalized spacial score (nSPS) is 10.9. The number of rotatable bonds is 10. The van der Waals surface area contributed by atoms with Crippen molar-refractivity contribution in [2.45, 2.75) is 17.7 Å². The highest BCUT2D eigenvalue weighted by Crippen LogP contribution is 2.30. The maximum atomic E-state index is 13.1. The molecule has 0 aliphatic rings. The molecule has 32 heavy (non-hydrogen) atoms. The summed E-state index contributed by atoms with van der Waals surface area (Å²) in [6, 6.07) is 18.3. The molecule has 0 aliphatic heterocycles. The molecule has 3 aromatic carbocycles. The zero-order valence-corrected chi connectivity index (χ0v) is 18.2. The Bertz CT molecular complexity index is 1150. The van der Waals surface area contributed by atoms with E-state index in [1.165, 1.54) is 19.2 Å². The summed E-state index contributed by atoms with van der Waals surface area (Å²) in [7, 11) is -2.58. The number of sulfonamides is 1. The van der Waals surface area contributed by atoms with Crippen LogP contribution in [0.1, 0.15) is 12.8 Å². The Morgan fingerprint density at radius 2 is 1.72 bits per heavy atom. The topological polar surface area (TPSA) is 93.7 Å². The summed E-state index contributed by atoms with van der Waals surface area (Å²) in [5, 5.41) is 2.73. The Labute approximate surface area is 186 Å². The van der Waals surface area contributed by atoms with Crippen LogP contribution in [0.4, 0.5) is 15.8 Å². The smallest absolute Gasteiger partial charge is 0.262 e. The molecular weight excluding hydrogens is 435 g/mol. The van der Waals surface area contributed by atoms with Crippen LogP contribution < -0.4 is 19.5 Å². The first-order valence-corrected chi connectivity index (χ1v) is 11.3. The second-order valence-electron chi connectivity index (χ2n) is 6.79. The summed E-state index contributed by atoms with van der Waals surface area (Å²) in [5.41, 5.74) is 0.540. The molecule has 0 aromatic heterocycles. The van der Waals surface area contributed by atoms with E-state index in [1.807, 2.05) is 30.3 Å². The molecule has 0 aliphatic carbocycles. The Morgan fingerprint density at radius 3 is 2.41 bits per heavy atom. The molecule has 7 nitrogen and oxygen atoms in total. The summed E-state index contributed by atoms with van der Waals surface area (Å²) in [4.78, 5) is 12.2. The van der Waals surface area contributed by atoms with Gasteiger partial charge >= 0.3 is 0 Å². The van der Waals surface area contributed by atoms with Gasteiger partial charge in [0.2, 0.25) is 5.91 Å². The molecule has 0 saturated carbocycles. The fourth-order valence-electron chi connectivity index (χ4n) is 2.85. The number of amides is 1. The van der Waals surface area contributed by atoms with Crippen LogP contribution in [0.2, 0.25) is 0 Å². The molecule has 0 saturated heterocycles. The molecule has 168 valence electrons. The van der Waals surface area contributed by atoms with Gasteiger partial charge < -0.3 is 14.8 Å². The van der Waals surface area contributed by atoms with E-state index in [1.54, 1.807) is 6.07 Å². The summed E-state index contributed by atoms with van der Waals surface area (Å²) >= 11 is 0. The van der Waals surface area contributed by atoms with Crippen molar-refractivity contribution in [3.05, 3.63) is 78.6 Å². The standard InChI is InChI=1S/C23H23FN2O5S/c1-30-22-14-11-18(25-23(27)8-5-15-31-19-6-3-2-4-7-19)16-21(22)26-32(28,29)20-12-9-17(24)10-13-20/h2-4,6-7,9-14,16,26H,5,8,15H2,1H3,(H,25,27). The summed E-state index contributed by atoms with van der Waals surface area (Å²) < 4.78 is 51.5. The Balaban J connectivity index is 1.61. The number of carbonyl (C=O) groups excluding carboxylic acids is 1. The van der Waals surface area contributed by atoms with Crippen LogP contribution in [0.3, 0.4) is 0 Å². The van der Waals surface area contributed by atoms with Crippen LogP contribution in [0.5, 0.6) is 11.5 Å². The van der Waals surface area contributed by atoms with Crippen molar-refractivity contribution in [2.75, 3.05) is 23.8 Å². The van der Waals surface area contributed by atoms with Gasteiger partial charge in [0.1, 0.15) is 17.3 Å². The van der Waals surface area contributed by atoms with Crippen LogP contribution in [0.15, 0.2) is 77.7 Å². The van der Waals surface area contributed by atoms with Gasteiger partial charge in [0.15, 0.2) is 0 Å². The summed E-state index contributed by atoms with van der Waals surface area (Å²) in [6.07, 6.45) is 0.746. The number of hydrogen-bond donors (Lipinski definition) is 2. The molecule has 0 spiro atoms. The minimum Gasteiger partial charge on any atom is -0.495 e. The van der Waals surface area contributed by atoms with Crippen molar-refractivity contribution in [1.82, 2.24) is 0 Å². The number of benzene rings is 3.